The van der Waals surface area contributed by atoms with Crippen LogP contribution in [0.1, 0.15) is 45.6 Å². The van der Waals surface area contributed by atoms with Crippen molar-refractivity contribution >= 4 is 0 Å². The number of ether oxygens (including phenoxy) is 1. The monoisotopic (exact) mass is 314 g/mol. The van der Waals surface area contributed by atoms with Gasteiger partial charge in [-0.1, -0.05) is 19.0 Å². The first-order chi connectivity index (χ1) is 10.3. The van der Waals surface area contributed by atoms with Crippen LogP contribution in [0.2, 0.25) is 0 Å². The van der Waals surface area contributed by atoms with Crippen molar-refractivity contribution in [3.8, 4) is 11.5 Å². The van der Waals surface area contributed by atoms with Crippen LogP contribution in [0.3, 0.4) is 0 Å². The first kappa shape index (κ1) is 16.5. The Bertz CT molecular complexity index is 635. The summed E-state index contributed by atoms with van der Waals surface area (Å²) in [6.07, 6.45) is -1.34. The lowest BCUT2D eigenvalue weighted by Crippen LogP contribution is -2.21. The second-order valence-electron chi connectivity index (χ2n) is 5.96. The standard InChI is InChI=1S/C14H20F2N4O2/c1-8(2)7-20-10(11(15)16)9(6-17-20)12-18-13(19-22-12)14(3,4)21-5/h6,8,11H,7H2,1-5H3. The molecule has 6 nitrogen and oxygen atoms in total. The van der Waals surface area contributed by atoms with Gasteiger partial charge in [0.1, 0.15) is 11.3 Å². The van der Waals surface area contributed by atoms with E-state index in [-0.39, 0.29) is 23.1 Å². The third kappa shape index (κ3) is 3.16. The molecular formula is C14H20F2N4O2. The molecule has 0 atom stereocenters. The molecule has 22 heavy (non-hydrogen) atoms. The van der Waals surface area contributed by atoms with Gasteiger partial charge < -0.3 is 9.26 Å². The highest BCUT2D eigenvalue weighted by Crippen LogP contribution is 2.32. The summed E-state index contributed by atoms with van der Waals surface area (Å²) in [5.41, 5.74) is -0.818. The number of hydrogen-bond acceptors (Lipinski definition) is 5. The van der Waals surface area contributed by atoms with E-state index in [9.17, 15) is 8.78 Å². The van der Waals surface area contributed by atoms with E-state index in [0.717, 1.165) is 0 Å². The number of nitrogens with zero attached hydrogens (tertiary/aromatic N) is 4. The van der Waals surface area contributed by atoms with Crippen molar-refractivity contribution in [3.63, 3.8) is 0 Å². The molecule has 0 aromatic carbocycles. The molecule has 0 aliphatic heterocycles. The molecule has 0 saturated heterocycles. The molecule has 0 radical (unpaired) electrons. The average molecular weight is 314 g/mol. The third-order valence-electron chi connectivity index (χ3n) is 3.33. The summed E-state index contributed by atoms with van der Waals surface area (Å²) in [4.78, 5) is 4.17. The molecule has 0 aliphatic carbocycles. The van der Waals surface area contributed by atoms with E-state index in [1.165, 1.54) is 18.0 Å². The van der Waals surface area contributed by atoms with Crippen molar-refractivity contribution in [3.05, 3.63) is 17.7 Å². The summed E-state index contributed by atoms with van der Waals surface area (Å²) in [6.45, 7) is 7.78. The minimum atomic E-state index is -2.68. The van der Waals surface area contributed by atoms with Crippen LogP contribution in [0.5, 0.6) is 0 Å². The Morgan fingerprint density at radius 1 is 1.36 bits per heavy atom. The molecule has 0 bridgehead atoms. The Balaban J connectivity index is 2.43. The highest BCUT2D eigenvalue weighted by Gasteiger charge is 2.29. The third-order valence-corrected chi connectivity index (χ3v) is 3.33. The molecule has 0 fully saturated rings. The van der Waals surface area contributed by atoms with Crippen molar-refractivity contribution in [1.29, 1.82) is 0 Å². The van der Waals surface area contributed by atoms with Gasteiger partial charge in [0.2, 0.25) is 5.82 Å². The maximum Gasteiger partial charge on any atom is 0.280 e. The molecule has 0 spiro atoms. The Kier molecular flexibility index (Phi) is 4.60. The van der Waals surface area contributed by atoms with E-state index in [1.54, 1.807) is 13.8 Å². The van der Waals surface area contributed by atoms with Gasteiger partial charge in [0, 0.05) is 13.7 Å². The maximum atomic E-state index is 13.4. The van der Waals surface area contributed by atoms with Gasteiger partial charge >= 0.3 is 0 Å². The van der Waals surface area contributed by atoms with E-state index in [4.69, 9.17) is 9.26 Å². The van der Waals surface area contributed by atoms with Crippen LogP contribution in [0.25, 0.3) is 11.5 Å². The molecule has 8 heteroatoms. The maximum absolute atomic E-state index is 13.4. The fraction of sp³-hybridized carbons (Fsp3) is 0.643. The van der Waals surface area contributed by atoms with Crippen molar-refractivity contribution in [2.24, 2.45) is 5.92 Å². The highest BCUT2D eigenvalue weighted by atomic mass is 19.3. The van der Waals surface area contributed by atoms with E-state index in [1.807, 2.05) is 13.8 Å². The molecule has 0 amide bonds. The van der Waals surface area contributed by atoms with Crippen molar-refractivity contribution < 1.29 is 18.0 Å². The van der Waals surface area contributed by atoms with Crippen LogP contribution in [0.15, 0.2) is 10.7 Å². The van der Waals surface area contributed by atoms with Gasteiger partial charge in [-0.2, -0.15) is 10.1 Å². The van der Waals surface area contributed by atoms with E-state index >= 15 is 0 Å². The molecule has 2 heterocycles. The zero-order valence-electron chi connectivity index (χ0n) is 13.3. The first-order valence-electron chi connectivity index (χ1n) is 6.99. The minimum absolute atomic E-state index is 0.0189. The fourth-order valence-corrected chi connectivity index (χ4v) is 1.95. The average Bonchev–Trinajstić information content (AvgIpc) is 3.04. The molecule has 122 valence electrons. The molecule has 0 unspecified atom stereocenters. The quantitative estimate of drug-likeness (QED) is 0.817. The summed E-state index contributed by atoms with van der Waals surface area (Å²) in [7, 11) is 1.52. The number of hydrogen-bond donors (Lipinski definition) is 0. The van der Waals surface area contributed by atoms with E-state index in [0.29, 0.717) is 12.4 Å². The molecular weight excluding hydrogens is 294 g/mol. The van der Waals surface area contributed by atoms with Crippen molar-refractivity contribution in [2.75, 3.05) is 7.11 Å². The van der Waals surface area contributed by atoms with E-state index in [2.05, 4.69) is 15.2 Å². The van der Waals surface area contributed by atoms with Gasteiger partial charge in [-0.15, -0.1) is 0 Å². The predicted octanol–water partition coefficient (Wildman–Crippen LogP) is 3.41. The molecule has 2 aromatic rings. The van der Waals surface area contributed by atoms with Crippen LogP contribution in [0.4, 0.5) is 8.78 Å². The summed E-state index contributed by atoms with van der Waals surface area (Å²) >= 11 is 0. The summed E-state index contributed by atoms with van der Waals surface area (Å²) in [5, 5.41) is 7.84. The molecule has 0 aliphatic rings. The second-order valence-corrected chi connectivity index (χ2v) is 5.96. The largest absolute Gasteiger partial charge is 0.371 e. The van der Waals surface area contributed by atoms with Gasteiger partial charge in [0.15, 0.2) is 0 Å². The van der Waals surface area contributed by atoms with Gasteiger partial charge in [0.05, 0.1) is 11.8 Å². The van der Waals surface area contributed by atoms with Crippen LogP contribution in [-0.4, -0.2) is 27.0 Å². The van der Waals surface area contributed by atoms with Gasteiger partial charge in [-0.3, -0.25) is 4.68 Å². The van der Waals surface area contributed by atoms with Crippen LogP contribution >= 0.6 is 0 Å². The highest BCUT2D eigenvalue weighted by molar-refractivity contribution is 5.55. The lowest BCUT2D eigenvalue weighted by molar-refractivity contribution is 0.00973. The number of halogens is 2. The number of rotatable bonds is 6. The van der Waals surface area contributed by atoms with Gasteiger partial charge in [-0.05, 0) is 19.8 Å². The number of alkyl halides is 2. The van der Waals surface area contributed by atoms with Crippen molar-refractivity contribution in [2.45, 2.75) is 46.3 Å². The van der Waals surface area contributed by atoms with Crippen molar-refractivity contribution in [1.82, 2.24) is 19.9 Å². The zero-order chi connectivity index (χ0) is 16.5. The van der Waals surface area contributed by atoms with Crippen LogP contribution in [-0.2, 0) is 16.9 Å². The summed E-state index contributed by atoms with van der Waals surface area (Å²) in [6, 6.07) is 0. The number of aromatic nitrogens is 4. The summed E-state index contributed by atoms with van der Waals surface area (Å²) < 4.78 is 38.4. The fourth-order valence-electron chi connectivity index (χ4n) is 1.95. The molecule has 0 N–H and O–H groups in total. The lowest BCUT2D eigenvalue weighted by Gasteiger charge is -2.17. The predicted molar refractivity (Wildman–Crippen MR) is 75.3 cm³/mol. The van der Waals surface area contributed by atoms with Gasteiger partial charge in [0.25, 0.3) is 12.3 Å². The van der Waals surface area contributed by atoms with E-state index < -0.39 is 12.0 Å². The normalized spacial score (nSPS) is 12.6. The van der Waals surface area contributed by atoms with Crippen LogP contribution < -0.4 is 0 Å². The minimum Gasteiger partial charge on any atom is -0.371 e. The molecule has 2 rings (SSSR count). The second kappa shape index (κ2) is 6.12. The number of methoxy groups -OCH3 is 1. The lowest BCUT2D eigenvalue weighted by atomic mass is 10.1. The zero-order valence-corrected chi connectivity index (χ0v) is 13.3. The Morgan fingerprint density at radius 3 is 2.59 bits per heavy atom. The smallest absolute Gasteiger partial charge is 0.280 e. The topological polar surface area (TPSA) is 66.0 Å². The summed E-state index contributed by atoms with van der Waals surface area (Å²) in [5.74, 6) is 0.503. The van der Waals surface area contributed by atoms with Crippen LogP contribution in [0, 0.1) is 5.92 Å². The Hall–Kier alpha value is -1.83. The Morgan fingerprint density at radius 2 is 2.05 bits per heavy atom. The molecule has 2 aromatic heterocycles. The first-order valence-corrected chi connectivity index (χ1v) is 6.99. The van der Waals surface area contributed by atoms with Gasteiger partial charge in [-0.25, -0.2) is 8.78 Å². The Labute approximate surface area is 127 Å². The SMILES string of the molecule is COC(C)(C)c1noc(-c2cnn(CC(C)C)c2C(F)F)n1. The molecule has 0 saturated carbocycles.